The second kappa shape index (κ2) is 8.30. The zero-order valence-corrected chi connectivity index (χ0v) is 17.5. The van der Waals surface area contributed by atoms with E-state index in [4.69, 9.17) is 0 Å². The standard InChI is InChI=1S/C22H18IS2/c1-3-7-17(8-4-1)15-19-11-13-21(24-19)23-22-14-12-20(25-22)16-18-9-5-2-6-10-18/h1-14H,15-16H2/q+1. The Morgan fingerprint density at radius 1 is 0.520 bits per heavy atom. The molecule has 25 heavy (non-hydrogen) atoms. The first-order valence-corrected chi connectivity index (χ1v) is 12.0. The average Bonchev–Trinajstić information content (AvgIpc) is 3.27. The Balaban J connectivity index is 1.39. The number of halogens is 1. The maximum atomic E-state index is 2.34. The molecule has 2 heterocycles. The van der Waals surface area contributed by atoms with Crippen LogP contribution >= 0.6 is 22.7 Å². The van der Waals surface area contributed by atoms with Crippen LogP contribution in [0.2, 0.25) is 0 Å². The molecule has 0 unspecified atom stereocenters. The summed E-state index contributed by atoms with van der Waals surface area (Å²) in [6.45, 7) is 0. The maximum absolute atomic E-state index is 2.34. The van der Waals surface area contributed by atoms with Crippen molar-refractivity contribution in [3.63, 3.8) is 0 Å². The number of benzene rings is 2. The van der Waals surface area contributed by atoms with Gasteiger partial charge in [0.2, 0.25) is 5.77 Å². The van der Waals surface area contributed by atoms with Crippen LogP contribution in [-0.2, 0) is 12.8 Å². The van der Waals surface area contributed by atoms with Crippen molar-refractivity contribution in [1.29, 1.82) is 0 Å². The lowest BCUT2D eigenvalue weighted by atomic mass is 10.1. The van der Waals surface area contributed by atoms with Crippen LogP contribution < -0.4 is 21.2 Å². The molecule has 0 radical (unpaired) electrons. The molecule has 0 spiro atoms. The quantitative estimate of drug-likeness (QED) is 0.378. The highest BCUT2D eigenvalue weighted by Crippen LogP contribution is 2.16. The van der Waals surface area contributed by atoms with E-state index in [1.165, 1.54) is 20.9 Å². The minimum Gasteiger partial charge on any atom is -0.0924 e. The monoisotopic (exact) mass is 473 g/mol. The molecular formula is C22H18IS2+. The number of hydrogen-bond acceptors (Lipinski definition) is 2. The van der Waals surface area contributed by atoms with Gasteiger partial charge in [-0.2, -0.15) is 0 Å². The Morgan fingerprint density at radius 2 is 0.960 bits per heavy atom. The lowest BCUT2D eigenvalue weighted by molar-refractivity contribution is -0.585. The van der Waals surface area contributed by atoms with Crippen LogP contribution in [0.5, 0.6) is 0 Å². The molecule has 124 valence electrons. The molecule has 4 rings (SSSR count). The Hall–Kier alpha value is -1.43. The van der Waals surface area contributed by atoms with Crippen molar-refractivity contribution in [1.82, 2.24) is 0 Å². The van der Waals surface area contributed by atoms with Crippen LogP contribution in [0, 0.1) is 5.77 Å². The highest BCUT2D eigenvalue weighted by atomic mass is 127. The second-order valence-corrected chi connectivity index (χ2v) is 12.5. The number of thiophene rings is 2. The third-order valence-corrected chi connectivity index (χ3v) is 9.77. The summed E-state index contributed by atoms with van der Waals surface area (Å²) in [6, 6.07) is 30.8. The molecule has 0 aliphatic carbocycles. The molecule has 3 heteroatoms. The summed E-state index contributed by atoms with van der Waals surface area (Å²) in [5.74, 6) is 0. The SMILES string of the molecule is c1ccc(Cc2ccc([I+]c3ccc(Cc4ccccc4)s3)s2)cc1. The van der Waals surface area contributed by atoms with Gasteiger partial charge in [-0.3, -0.25) is 0 Å². The van der Waals surface area contributed by atoms with Crippen molar-refractivity contribution in [2.24, 2.45) is 0 Å². The average molecular weight is 473 g/mol. The van der Waals surface area contributed by atoms with Crippen molar-refractivity contribution in [3.05, 3.63) is 112 Å². The minimum atomic E-state index is -0.0450. The molecule has 0 saturated heterocycles. The fourth-order valence-corrected chi connectivity index (χ4v) is 9.32. The molecule has 0 N–H and O–H groups in total. The van der Waals surface area contributed by atoms with Crippen LogP contribution in [0.15, 0.2) is 84.9 Å². The summed E-state index contributed by atoms with van der Waals surface area (Å²) in [5.41, 5.74) is 2.80. The zero-order chi connectivity index (χ0) is 16.9. The van der Waals surface area contributed by atoms with Crippen LogP contribution in [0.1, 0.15) is 20.9 Å². The van der Waals surface area contributed by atoms with Gasteiger partial charge in [0.25, 0.3) is 0 Å². The van der Waals surface area contributed by atoms with Crippen molar-refractivity contribution in [2.45, 2.75) is 12.8 Å². The van der Waals surface area contributed by atoms with E-state index in [0.717, 1.165) is 12.8 Å². The van der Waals surface area contributed by atoms with Crippen LogP contribution in [0.25, 0.3) is 0 Å². The molecule has 4 aromatic rings. The predicted octanol–water partition coefficient (Wildman–Crippen LogP) is 3.12. The van der Waals surface area contributed by atoms with Gasteiger partial charge in [-0.15, -0.1) is 0 Å². The van der Waals surface area contributed by atoms with E-state index in [1.54, 1.807) is 5.77 Å². The van der Waals surface area contributed by atoms with Crippen molar-refractivity contribution in [2.75, 3.05) is 0 Å². The third-order valence-electron chi connectivity index (χ3n) is 3.89. The molecule has 0 fully saturated rings. The smallest absolute Gasteiger partial charge is 0.0924 e. The van der Waals surface area contributed by atoms with Crippen molar-refractivity contribution in [3.8, 4) is 0 Å². The van der Waals surface area contributed by atoms with Crippen molar-refractivity contribution < 1.29 is 21.2 Å². The molecule has 2 aromatic carbocycles. The highest BCUT2D eigenvalue weighted by Gasteiger charge is 2.20. The number of rotatable bonds is 6. The van der Waals surface area contributed by atoms with Crippen LogP contribution in [0.4, 0.5) is 0 Å². The first-order chi connectivity index (χ1) is 12.3. The molecule has 0 bridgehead atoms. The van der Waals surface area contributed by atoms with Gasteiger partial charge in [0.15, 0.2) is 0 Å². The van der Waals surface area contributed by atoms with Crippen LogP contribution in [0.3, 0.4) is 0 Å². The molecular weight excluding hydrogens is 455 g/mol. The lowest BCUT2D eigenvalue weighted by Crippen LogP contribution is -3.61. The van der Waals surface area contributed by atoms with Gasteiger partial charge < -0.3 is 0 Å². The first-order valence-electron chi connectivity index (χ1n) is 8.25. The van der Waals surface area contributed by atoms with Crippen LogP contribution in [-0.4, -0.2) is 0 Å². The lowest BCUT2D eigenvalue weighted by Gasteiger charge is -1.96. The summed E-state index contributed by atoms with van der Waals surface area (Å²) in [4.78, 5) is 2.95. The van der Waals surface area contributed by atoms with Gasteiger partial charge in [0.1, 0.15) is 0 Å². The summed E-state index contributed by atoms with van der Waals surface area (Å²) in [7, 11) is 0. The topological polar surface area (TPSA) is 0 Å². The zero-order valence-electron chi connectivity index (χ0n) is 13.7. The molecule has 0 atom stereocenters. The van der Waals surface area contributed by atoms with E-state index < -0.39 is 0 Å². The first kappa shape index (κ1) is 17.0. The van der Waals surface area contributed by atoms with Gasteiger partial charge >= 0.3 is 21.2 Å². The van der Waals surface area contributed by atoms with E-state index in [1.807, 2.05) is 22.7 Å². The van der Waals surface area contributed by atoms with Gasteiger partial charge in [-0.25, -0.2) is 0 Å². The fraction of sp³-hybridized carbons (Fsp3) is 0.0909. The Labute approximate surface area is 167 Å². The van der Waals surface area contributed by atoms with Gasteiger partial charge in [0, 0.05) is 34.7 Å². The molecule has 0 nitrogen and oxygen atoms in total. The second-order valence-electron chi connectivity index (χ2n) is 5.83. The van der Waals surface area contributed by atoms with E-state index >= 15 is 0 Å². The molecule has 0 amide bonds. The van der Waals surface area contributed by atoms with E-state index in [9.17, 15) is 0 Å². The highest BCUT2D eigenvalue weighted by molar-refractivity contribution is 7.10. The number of hydrogen-bond donors (Lipinski definition) is 0. The summed E-state index contributed by atoms with van der Waals surface area (Å²) < 4.78 is 3.13. The maximum Gasteiger partial charge on any atom is 0.381 e. The van der Waals surface area contributed by atoms with E-state index in [0.29, 0.717) is 0 Å². The largest absolute Gasteiger partial charge is 0.381 e. The summed E-state index contributed by atoms with van der Waals surface area (Å²) in [6.07, 6.45) is 2.11. The minimum absolute atomic E-state index is 0.0450. The third kappa shape index (κ3) is 4.81. The fourth-order valence-electron chi connectivity index (χ4n) is 2.68. The van der Waals surface area contributed by atoms with Gasteiger partial charge in [0.05, 0.1) is 0 Å². The molecule has 0 saturated carbocycles. The van der Waals surface area contributed by atoms with Gasteiger partial charge in [-0.1, -0.05) is 83.3 Å². The molecule has 2 aromatic heterocycles. The Bertz CT molecular complexity index is 845. The normalized spacial score (nSPS) is 10.9. The van der Waals surface area contributed by atoms with E-state index in [2.05, 4.69) is 84.9 Å². The Morgan fingerprint density at radius 3 is 1.40 bits per heavy atom. The van der Waals surface area contributed by atoms with Gasteiger partial charge in [-0.05, 0) is 23.3 Å². The Kier molecular flexibility index (Phi) is 5.65. The predicted molar refractivity (Wildman–Crippen MR) is 105 cm³/mol. The summed E-state index contributed by atoms with van der Waals surface area (Å²) >= 11 is 3.94. The van der Waals surface area contributed by atoms with E-state index in [-0.39, 0.29) is 21.2 Å². The summed E-state index contributed by atoms with van der Waals surface area (Å²) in [5, 5.41) is 0. The molecule has 0 aliphatic rings. The van der Waals surface area contributed by atoms with Crippen molar-refractivity contribution >= 4 is 22.7 Å². The molecule has 0 aliphatic heterocycles.